The molecule has 0 N–H and O–H groups in total. The van der Waals surface area contributed by atoms with Crippen LogP contribution < -0.4 is 0 Å². The van der Waals surface area contributed by atoms with Gasteiger partial charge in [0, 0.05) is 0 Å². The number of halogens is 2. The van der Waals surface area contributed by atoms with E-state index in [1.54, 1.807) is 0 Å². The van der Waals surface area contributed by atoms with Gasteiger partial charge in [-0.1, -0.05) is 6.92 Å². The van der Waals surface area contributed by atoms with Crippen LogP contribution in [0.3, 0.4) is 0 Å². The Labute approximate surface area is 102 Å². The van der Waals surface area contributed by atoms with Crippen molar-refractivity contribution >= 4 is 66.5 Å². The van der Waals surface area contributed by atoms with Crippen LogP contribution in [0, 0.1) is 0 Å². The zero-order valence-electron chi connectivity index (χ0n) is 8.22. The van der Waals surface area contributed by atoms with Gasteiger partial charge in [0.25, 0.3) is 36.2 Å². The topological polar surface area (TPSA) is 36.9 Å². The van der Waals surface area contributed by atoms with E-state index in [0.717, 1.165) is 6.04 Å². The minimum atomic E-state index is -2.40. The summed E-state index contributed by atoms with van der Waals surface area (Å²) in [6.07, 6.45) is -2.40. The average molecular weight is 325 g/mol. The van der Waals surface area contributed by atoms with E-state index >= 15 is 0 Å². The quantitative estimate of drug-likeness (QED) is 0.490. The minimum absolute atomic E-state index is 0.789. The van der Waals surface area contributed by atoms with E-state index in [-0.39, 0.29) is 0 Å². The highest BCUT2D eigenvalue weighted by molar-refractivity contribution is 7.72. The Bertz CT molecular complexity index is 180. The van der Waals surface area contributed by atoms with Gasteiger partial charge in [-0.3, -0.25) is 0 Å². The van der Waals surface area contributed by atoms with E-state index in [4.69, 9.17) is 38.6 Å². The first-order valence-electron chi connectivity index (χ1n) is 4.33. The third kappa shape index (κ3) is 3.25. The first-order chi connectivity index (χ1) is 6.52. The molecule has 0 radical (unpaired) electrons. The van der Waals surface area contributed by atoms with Gasteiger partial charge in [0.15, 0.2) is 0 Å². The molecule has 0 aromatic carbocycles. The van der Waals surface area contributed by atoms with Crippen LogP contribution in [0.15, 0.2) is 0 Å². The zero-order chi connectivity index (χ0) is 10.7. The predicted octanol–water partition coefficient (Wildman–Crippen LogP) is -0.847. The fraction of sp³-hybridized carbons (Fsp3) is 1.00. The molecule has 1 saturated heterocycles. The molecule has 1 rings (SSSR count). The molecule has 1 fully saturated rings. The Morgan fingerprint density at radius 1 is 1.14 bits per heavy atom. The van der Waals surface area contributed by atoms with Crippen molar-refractivity contribution < 1.29 is 16.5 Å². The summed E-state index contributed by atoms with van der Waals surface area (Å²) in [7, 11) is -5.16. The van der Waals surface area contributed by atoms with Crippen molar-refractivity contribution in [2.75, 3.05) is 0 Å². The summed E-state index contributed by atoms with van der Waals surface area (Å²) >= 11 is 12.5. The summed E-state index contributed by atoms with van der Waals surface area (Å²) in [5, 5.41) is 0. The summed E-state index contributed by atoms with van der Waals surface area (Å²) in [5.41, 5.74) is 0. The molecule has 0 aliphatic carbocycles. The molecule has 11 heteroatoms. The minimum Gasteiger partial charge on any atom is -0.425 e. The van der Waals surface area contributed by atoms with E-state index in [9.17, 15) is 0 Å². The lowest BCUT2D eigenvalue weighted by Crippen LogP contribution is -2.61. The highest BCUT2D eigenvalue weighted by Gasteiger charge is 2.54. The molecule has 0 spiro atoms. The van der Waals surface area contributed by atoms with Gasteiger partial charge in [-0.15, -0.1) is 22.2 Å². The SMILES string of the molecule is CC[Si]1([Si](C)(Cl)Cl)O[SiH2]O[SiH2]O[SiH2]O1. The molecule has 0 saturated carbocycles. The summed E-state index contributed by atoms with van der Waals surface area (Å²) in [4.78, 5) is 0. The third-order valence-electron chi connectivity index (χ3n) is 2.05. The van der Waals surface area contributed by atoms with E-state index in [0.29, 0.717) is 0 Å². The smallest absolute Gasteiger partial charge is 0.335 e. The Hall–Kier alpha value is 1.50. The normalized spacial score (nSPS) is 36.0. The maximum atomic E-state index is 6.26. The van der Waals surface area contributed by atoms with Crippen LogP contribution in [-0.4, -0.2) is 44.3 Å². The maximum Gasteiger partial charge on any atom is 0.335 e. The molecule has 0 aromatic heterocycles. The van der Waals surface area contributed by atoms with Crippen LogP contribution in [0.2, 0.25) is 12.6 Å². The Morgan fingerprint density at radius 3 is 2.00 bits per heavy atom. The second kappa shape index (κ2) is 5.72. The fourth-order valence-corrected chi connectivity index (χ4v) is 28.1. The fourth-order valence-electron chi connectivity index (χ4n) is 1.21. The van der Waals surface area contributed by atoms with Crippen molar-refractivity contribution in [3.8, 4) is 0 Å². The molecule has 0 unspecified atom stereocenters. The van der Waals surface area contributed by atoms with Gasteiger partial charge in [0.1, 0.15) is 0 Å². The predicted molar refractivity (Wildman–Crippen MR) is 69.5 cm³/mol. The molecule has 0 amide bonds. The number of hydrogen-bond acceptors (Lipinski definition) is 4. The lowest BCUT2D eigenvalue weighted by molar-refractivity contribution is 0.320. The largest absolute Gasteiger partial charge is 0.425 e. The van der Waals surface area contributed by atoms with Gasteiger partial charge in [-0.25, -0.2) is 0 Å². The van der Waals surface area contributed by atoms with Crippen LogP contribution >= 0.6 is 22.2 Å². The molecular weight excluding hydrogens is 311 g/mol. The van der Waals surface area contributed by atoms with Crippen molar-refractivity contribution in [2.45, 2.75) is 19.5 Å². The Morgan fingerprint density at radius 2 is 1.64 bits per heavy atom. The van der Waals surface area contributed by atoms with E-state index < -0.39 is 44.3 Å². The van der Waals surface area contributed by atoms with Gasteiger partial charge in [-0.05, 0) is 12.6 Å². The highest BCUT2D eigenvalue weighted by Crippen LogP contribution is 2.32. The molecule has 4 nitrogen and oxygen atoms in total. The first-order valence-corrected chi connectivity index (χ1v) is 15.3. The van der Waals surface area contributed by atoms with Crippen LogP contribution in [0.4, 0.5) is 0 Å². The zero-order valence-corrected chi connectivity index (χ0v) is 16.0. The molecule has 1 heterocycles. The van der Waals surface area contributed by atoms with Gasteiger partial charge in [-0.2, -0.15) is 0 Å². The van der Waals surface area contributed by atoms with Crippen molar-refractivity contribution in [1.29, 1.82) is 0 Å². The number of rotatable bonds is 2. The Balaban J connectivity index is 2.73. The molecule has 14 heavy (non-hydrogen) atoms. The van der Waals surface area contributed by atoms with Gasteiger partial charge >= 0.3 is 8.08 Å². The average Bonchev–Trinajstić information content (AvgIpc) is 2.02. The summed E-state index contributed by atoms with van der Waals surface area (Å²) in [6, 6.07) is 0.789. The van der Waals surface area contributed by atoms with E-state index in [1.165, 1.54) is 0 Å². The van der Waals surface area contributed by atoms with Gasteiger partial charge in [0.2, 0.25) is 0 Å². The monoisotopic (exact) mass is 324 g/mol. The molecule has 84 valence electrons. The lowest BCUT2D eigenvalue weighted by Gasteiger charge is -2.37. The molecule has 0 bridgehead atoms. The molecule has 1 aliphatic rings. The van der Waals surface area contributed by atoms with Crippen LogP contribution in [0.1, 0.15) is 6.92 Å². The summed E-state index contributed by atoms with van der Waals surface area (Å²) in [6.45, 7) is 3.89. The summed E-state index contributed by atoms with van der Waals surface area (Å²) in [5.74, 6) is 0. The van der Waals surface area contributed by atoms with Gasteiger partial charge < -0.3 is 16.5 Å². The molecular formula is C3H14Cl2O4Si5. The highest BCUT2D eigenvalue weighted by atomic mass is 35.7. The van der Waals surface area contributed by atoms with Crippen molar-refractivity contribution in [2.24, 2.45) is 0 Å². The summed E-state index contributed by atoms with van der Waals surface area (Å²) < 4.78 is 22.3. The molecule has 0 aromatic rings. The lowest BCUT2D eigenvalue weighted by atomic mass is 11.0. The number of hydrogen-bond donors (Lipinski definition) is 0. The Kier molecular flexibility index (Phi) is 5.54. The van der Waals surface area contributed by atoms with E-state index in [2.05, 4.69) is 0 Å². The van der Waals surface area contributed by atoms with Crippen molar-refractivity contribution in [3.63, 3.8) is 0 Å². The maximum absolute atomic E-state index is 6.26. The van der Waals surface area contributed by atoms with Crippen LogP contribution in [0.5, 0.6) is 0 Å². The van der Waals surface area contributed by atoms with E-state index in [1.807, 2.05) is 13.5 Å². The third-order valence-corrected chi connectivity index (χ3v) is 24.5. The standard InChI is InChI=1S/C3H14Cl2O4Si5/c1-3-14(13(2,4)5)8-11-6-10-7-12-9-14/h3,10-12H2,1-2H3. The molecule has 0 atom stereocenters. The second-order valence-electron chi connectivity index (χ2n) is 3.05. The van der Waals surface area contributed by atoms with Crippen molar-refractivity contribution in [1.82, 2.24) is 0 Å². The van der Waals surface area contributed by atoms with Crippen LogP contribution in [0.25, 0.3) is 0 Å². The molecule has 1 aliphatic heterocycles. The van der Waals surface area contributed by atoms with Crippen LogP contribution in [-0.2, 0) is 16.5 Å². The first kappa shape index (κ1) is 13.6. The van der Waals surface area contributed by atoms with Gasteiger partial charge in [0.05, 0.1) is 0 Å². The second-order valence-corrected chi connectivity index (χ2v) is 25.6. The van der Waals surface area contributed by atoms with Crippen molar-refractivity contribution in [3.05, 3.63) is 0 Å².